The molecule has 3 heterocycles. The standard InChI is InChI=1S/C22H15N3O4S/c1-2-14-10-19(26)25-21(23-14)30-22(24-25)29-15-8-9-16-18(11-15)28-12-17(20(16)27)13-6-4-3-5-7-13/h3-12H,2H2,1H3. The molecule has 0 radical (unpaired) electrons. The molecule has 0 spiro atoms. The monoisotopic (exact) mass is 417 g/mol. The second-order valence-electron chi connectivity index (χ2n) is 6.61. The van der Waals surface area contributed by atoms with Crippen molar-refractivity contribution in [1.29, 1.82) is 0 Å². The molecule has 0 atom stereocenters. The molecular weight excluding hydrogens is 402 g/mol. The molecule has 3 aromatic heterocycles. The zero-order valence-electron chi connectivity index (χ0n) is 15.9. The van der Waals surface area contributed by atoms with Gasteiger partial charge < -0.3 is 9.15 Å². The molecule has 148 valence electrons. The lowest BCUT2D eigenvalue weighted by atomic mass is 10.1. The molecule has 0 aliphatic heterocycles. The van der Waals surface area contributed by atoms with Crippen LogP contribution in [0.1, 0.15) is 12.6 Å². The first-order chi connectivity index (χ1) is 14.6. The Hall–Kier alpha value is -3.78. The second kappa shape index (κ2) is 7.23. The van der Waals surface area contributed by atoms with Gasteiger partial charge in [-0.1, -0.05) is 37.3 Å². The van der Waals surface area contributed by atoms with E-state index in [9.17, 15) is 9.59 Å². The number of benzene rings is 2. The van der Waals surface area contributed by atoms with Crippen LogP contribution in [0.15, 0.2) is 74.9 Å². The summed E-state index contributed by atoms with van der Waals surface area (Å²) in [6, 6.07) is 15.8. The first-order valence-corrected chi connectivity index (χ1v) is 10.1. The van der Waals surface area contributed by atoms with Gasteiger partial charge in [0.15, 0.2) is 5.43 Å². The van der Waals surface area contributed by atoms with Gasteiger partial charge in [0, 0.05) is 17.8 Å². The van der Waals surface area contributed by atoms with Crippen molar-refractivity contribution in [2.75, 3.05) is 0 Å². The molecule has 0 aliphatic carbocycles. The fraction of sp³-hybridized carbons (Fsp3) is 0.0909. The fourth-order valence-corrected chi connectivity index (χ4v) is 3.95. The van der Waals surface area contributed by atoms with Gasteiger partial charge in [-0.15, -0.1) is 5.10 Å². The summed E-state index contributed by atoms with van der Waals surface area (Å²) in [6.07, 6.45) is 2.12. The van der Waals surface area contributed by atoms with Crippen LogP contribution in [-0.2, 0) is 6.42 Å². The van der Waals surface area contributed by atoms with E-state index in [1.165, 1.54) is 28.2 Å². The summed E-state index contributed by atoms with van der Waals surface area (Å²) < 4.78 is 12.7. The van der Waals surface area contributed by atoms with E-state index in [2.05, 4.69) is 10.1 Å². The zero-order chi connectivity index (χ0) is 20.7. The first kappa shape index (κ1) is 18.3. The maximum atomic E-state index is 12.9. The van der Waals surface area contributed by atoms with E-state index in [1.807, 2.05) is 37.3 Å². The van der Waals surface area contributed by atoms with E-state index in [1.54, 1.807) is 18.2 Å². The molecular formula is C22H15N3O4S. The Morgan fingerprint density at radius 3 is 2.73 bits per heavy atom. The molecule has 0 fully saturated rings. The molecule has 5 rings (SSSR count). The van der Waals surface area contributed by atoms with E-state index < -0.39 is 0 Å². The van der Waals surface area contributed by atoms with Crippen LogP contribution in [0.5, 0.6) is 10.9 Å². The van der Waals surface area contributed by atoms with Crippen LogP contribution in [0.3, 0.4) is 0 Å². The number of fused-ring (bicyclic) bond motifs is 2. The van der Waals surface area contributed by atoms with Gasteiger partial charge in [0.05, 0.1) is 10.9 Å². The average molecular weight is 417 g/mol. The summed E-state index contributed by atoms with van der Waals surface area (Å²) in [5, 5.41) is 4.91. The molecule has 0 unspecified atom stereocenters. The highest BCUT2D eigenvalue weighted by atomic mass is 32.1. The van der Waals surface area contributed by atoms with Crippen molar-refractivity contribution in [3.05, 3.63) is 87.1 Å². The van der Waals surface area contributed by atoms with Crippen LogP contribution in [0.2, 0.25) is 0 Å². The SMILES string of the molecule is CCc1cc(=O)n2nc(Oc3ccc4c(=O)c(-c5ccccc5)coc4c3)sc2n1. The van der Waals surface area contributed by atoms with Crippen molar-refractivity contribution < 1.29 is 9.15 Å². The highest BCUT2D eigenvalue weighted by Gasteiger charge is 2.13. The molecule has 7 nitrogen and oxygen atoms in total. The average Bonchev–Trinajstić information content (AvgIpc) is 3.17. The topological polar surface area (TPSA) is 86.7 Å². The molecule has 2 aromatic carbocycles. The van der Waals surface area contributed by atoms with Gasteiger partial charge in [0.25, 0.3) is 10.8 Å². The van der Waals surface area contributed by atoms with Gasteiger partial charge in [-0.3, -0.25) is 9.59 Å². The second-order valence-corrected chi connectivity index (χ2v) is 7.52. The van der Waals surface area contributed by atoms with Gasteiger partial charge in [-0.05, 0) is 35.5 Å². The Labute approximate surface area is 173 Å². The van der Waals surface area contributed by atoms with Crippen LogP contribution in [0.25, 0.3) is 27.1 Å². The van der Waals surface area contributed by atoms with Crippen LogP contribution >= 0.6 is 11.3 Å². The van der Waals surface area contributed by atoms with E-state index >= 15 is 0 Å². The molecule has 8 heteroatoms. The van der Waals surface area contributed by atoms with Crippen molar-refractivity contribution >= 4 is 27.3 Å². The third kappa shape index (κ3) is 3.17. The third-order valence-corrected chi connectivity index (χ3v) is 5.46. The number of aryl methyl sites for hydroxylation is 1. The summed E-state index contributed by atoms with van der Waals surface area (Å²) >= 11 is 1.17. The third-order valence-electron chi connectivity index (χ3n) is 4.68. The predicted molar refractivity (Wildman–Crippen MR) is 115 cm³/mol. The molecule has 0 amide bonds. The van der Waals surface area contributed by atoms with Crippen molar-refractivity contribution in [2.45, 2.75) is 13.3 Å². The molecule has 0 N–H and O–H groups in total. The summed E-state index contributed by atoms with van der Waals surface area (Å²) in [6.45, 7) is 1.93. The Bertz CT molecular complexity index is 1500. The lowest BCUT2D eigenvalue weighted by molar-refractivity contribution is 0.468. The van der Waals surface area contributed by atoms with E-state index in [-0.39, 0.29) is 16.2 Å². The first-order valence-electron chi connectivity index (χ1n) is 9.31. The lowest BCUT2D eigenvalue weighted by Crippen LogP contribution is -2.14. The minimum Gasteiger partial charge on any atom is -0.463 e. The zero-order valence-corrected chi connectivity index (χ0v) is 16.7. The maximum absolute atomic E-state index is 12.9. The minimum absolute atomic E-state index is 0.114. The van der Waals surface area contributed by atoms with Gasteiger partial charge in [0.2, 0.25) is 4.96 Å². The van der Waals surface area contributed by atoms with Gasteiger partial charge in [-0.25, -0.2) is 4.98 Å². The van der Waals surface area contributed by atoms with E-state index in [0.29, 0.717) is 39.4 Å². The molecule has 0 aliphatic rings. The fourth-order valence-electron chi connectivity index (χ4n) is 3.15. The number of hydrogen-bond acceptors (Lipinski definition) is 7. The predicted octanol–water partition coefficient (Wildman–Crippen LogP) is 4.28. The molecule has 0 saturated heterocycles. The van der Waals surface area contributed by atoms with Gasteiger partial charge in [0.1, 0.15) is 17.6 Å². The number of hydrogen-bond donors (Lipinski definition) is 0. The van der Waals surface area contributed by atoms with Gasteiger partial charge >= 0.3 is 0 Å². The van der Waals surface area contributed by atoms with Crippen molar-refractivity contribution in [1.82, 2.24) is 14.6 Å². The number of rotatable bonds is 4. The molecule has 30 heavy (non-hydrogen) atoms. The highest BCUT2D eigenvalue weighted by Crippen LogP contribution is 2.28. The normalized spacial score (nSPS) is 11.2. The Morgan fingerprint density at radius 2 is 1.93 bits per heavy atom. The summed E-state index contributed by atoms with van der Waals surface area (Å²) in [7, 11) is 0. The molecule has 0 bridgehead atoms. The van der Waals surface area contributed by atoms with E-state index in [0.717, 1.165) is 5.56 Å². The van der Waals surface area contributed by atoms with Crippen molar-refractivity contribution in [2.24, 2.45) is 0 Å². The van der Waals surface area contributed by atoms with Crippen molar-refractivity contribution in [3.8, 4) is 22.1 Å². The van der Waals surface area contributed by atoms with Crippen molar-refractivity contribution in [3.63, 3.8) is 0 Å². The largest absolute Gasteiger partial charge is 0.463 e. The van der Waals surface area contributed by atoms with Gasteiger partial charge in [-0.2, -0.15) is 4.52 Å². The Kier molecular flexibility index (Phi) is 4.40. The van der Waals surface area contributed by atoms with Crippen LogP contribution in [0, 0.1) is 0 Å². The summed E-state index contributed by atoms with van der Waals surface area (Å²) in [4.78, 5) is 29.9. The number of ether oxygens (including phenoxy) is 1. The van der Waals surface area contributed by atoms with E-state index in [4.69, 9.17) is 9.15 Å². The van der Waals surface area contributed by atoms with Crippen LogP contribution < -0.4 is 15.7 Å². The van der Waals surface area contributed by atoms with Crippen LogP contribution in [-0.4, -0.2) is 14.6 Å². The smallest absolute Gasteiger partial charge is 0.299 e. The minimum atomic E-state index is -0.249. The summed E-state index contributed by atoms with van der Waals surface area (Å²) in [5.74, 6) is 0.445. The quantitative estimate of drug-likeness (QED) is 0.434. The summed E-state index contributed by atoms with van der Waals surface area (Å²) in [5.41, 5.74) is 2.05. The Balaban J connectivity index is 1.51. The number of nitrogens with zero attached hydrogens (tertiary/aromatic N) is 3. The highest BCUT2D eigenvalue weighted by molar-refractivity contribution is 7.18. The lowest BCUT2D eigenvalue weighted by Gasteiger charge is -2.05. The molecule has 5 aromatic rings. The molecule has 0 saturated carbocycles. The number of aromatic nitrogens is 3. The Morgan fingerprint density at radius 1 is 1.10 bits per heavy atom. The van der Waals surface area contributed by atoms with Crippen LogP contribution in [0.4, 0.5) is 0 Å². The maximum Gasteiger partial charge on any atom is 0.299 e.